The highest BCUT2D eigenvalue weighted by atomic mass is 16.5. The second-order valence-electron chi connectivity index (χ2n) is 7.24. The minimum atomic E-state index is -0.0930. The molecule has 4 rings (SSSR count). The van der Waals surface area contributed by atoms with Crippen LogP contribution in [-0.2, 0) is 4.74 Å². The lowest BCUT2D eigenvalue weighted by Gasteiger charge is -2.33. The molecule has 3 aromatic rings. The van der Waals surface area contributed by atoms with Gasteiger partial charge in [0.2, 0.25) is 0 Å². The van der Waals surface area contributed by atoms with Crippen molar-refractivity contribution >= 4 is 16.9 Å². The third-order valence-electron chi connectivity index (χ3n) is 5.00. The van der Waals surface area contributed by atoms with Crippen molar-refractivity contribution in [1.29, 1.82) is 0 Å². The molecule has 1 saturated heterocycles. The van der Waals surface area contributed by atoms with Gasteiger partial charge < -0.3 is 9.64 Å². The van der Waals surface area contributed by atoms with Crippen molar-refractivity contribution in [3.05, 3.63) is 59.4 Å². The molecule has 140 valence electrons. The van der Waals surface area contributed by atoms with Gasteiger partial charge in [0.1, 0.15) is 6.10 Å². The van der Waals surface area contributed by atoms with Crippen molar-refractivity contribution in [2.24, 2.45) is 0 Å². The molecular formula is C21H24N4O2. The van der Waals surface area contributed by atoms with Crippen LogP contribution >= 0.6 is 0 Å². The standard InChI is InChI=1S/C21H24N4O2/c1-14(2)25-20-17(12-22-25)11-18(15(3)23-20)21(26)24-9-10-27-19(13-24)16-7-5-4-6-8-16/h4-8,11-12,14,19H,9-10,13H2,1-3H3. The first kappa shape index (κ1) is 17.7. The quantitative estimate of drug-likeness (QED) is 0.713. The summed E-state index contributed by atoms with van der Waals surface area (Å²) in [4.78, 5) is 19.7. The van der Waals surface area contributed by atoms with E-state index >= 15 is 0 Å². The van der Waals surface area contributed by atoms with Crippen molar-refractivity contribution in [3.63, 3.8) is 0 Å². The highest BCUT2D eigenvalue weighted by Crippen LogP contribution is 2.25. The van der Waals surface area contributed by atoms with Crippen molar-refractivity contribution in [2.45, 2.75) is 32.9 Å². The number of amides is 1. The van der Waals surface area contributed by atoms with Gasteiger partial charge in [0, 0.05) is 18.0 Å². The maximum atomic E-state index is 13.2. The van der Waals surface area contributed by atoms with Crippen LogP contribution < -0.4 is 0 Å². The number of nitrogens with zero attached hydrogens (tertiary/aromatic N) is 4. The number of carbonyl (C=O) groups is 1. The van der Waals surface area contributed by atoms with Gasteiger partial charge in [0.05, 0.1) is 30.6 Å². The summed E-state index contributed by atoms with van der Waals surface area (Å²) in [6.07, 6.45) is 1.69. The van der Waals surface area contributed by atoms with E-state index in [2.05, 4.69) is 23.9 Å². The van der Waals surface area contributed by atoms with Crippen molar-refractivity contribution in [2.75, 3.05) is 19.7 Å². The number of benzene rings is 1. The zero-order valence-electron chi connectivity index (χ0n) is 15.9. The van der Waals surface area contributed by atoms with Gasteiger partial charge in [-0.15, -0.1) is 0 Å². The van der Waals surface area contributed by atoms with E-state index in [1.54, 1.807) is 6.20 Å². The Labute approximate surface area is 158 Å². The maximum Gasteiger partial charge on any atom is 0.255 e. The first-order chi connectivity index (χ1) is 13.0. The number of aryl methyl sites for hydroxylation is 1. The van der Waals surface area contributed by atoms with E-state index in [1.165, 1.54) is 0 Å². The minimum Gasteiger partial charge on any atom is -0.370 e. The number of ether oxygens (including phenoxy) is 1. The Hall–Kier alpha value is -2.73. The SMILES string of the molecule is Cc1nc2c(cnn2C(C)C)cc1C(=O)N1CCOC(c2ccccc2)C1. The fourth-order valence-electron chi connectivity index (χ4n) is 3.53. The van der Waals surface area contributed by atoms with E-state index in [-0.39, 0.29) is 18.1 Å². The lowest BCUT2D eigenvalue weighted by atomic mass is 10.1. The van der Waals surface area contributed by atoms with E-state index < -0.39 is 0 Å². The highest BCUT2D eigenvalue weighted by Gasteiger charge is 2.27. The van der Waals surface area contributed by atoms with Crippen LogP contribution in [0.4, 0.5) is 0 Å². The number of carbonyl (C=O) groups excluding carboxylic acids is 1. The highest BCUT2D eigenvalue weighted by molar-refractivity contribution is 5.98. The average Bonchev–Trinajstić information content (AvgIpc) is 3.10. The topological polar surface area (TPSA) is 60.2 Å². The Bertz CT molecular complexity index is 965. The van der Waals surface area contributed by atoms with Gasteiger partial charge in [-0.25, -0.2) is 9.67 Å². The Kier molecular flexibility index (Phi) is 4.66. The van der Waals surface area contributed by atoms with Crippen LogP contribution in [0, 0.1) is 6.92 Å². The number of hydrogen-bond donors (Lipinski definition) is 0. The molecule has 1 fully saturated rings. The molecule has 1 amide bonds. The molecule has 0 radical (unpaired) electrons. The van der Waals surface area contributed by atoms with Crippen LogP contribution in [0.15, 0.2) is 42.6 Å². The summed E-state index contributed by atoms with van der Waals surface area (Å²) >= 11 is 0. The largest absolute Gasteiger partial charge is 0.370 e. The van der Waals surface area contributed by atoms with Gasteiger partial charge >= 0.3 is 0 Å². The molecule has 0 bridgehead atoms. The second kappa shape index (κ2) is 7.12. The van der Waals surface area contributed by atoms with Gasteiger partial charge in [-0.1, -0.05) is 30.3 Å². The fourth-order valence-corrected chi connectivity index (χ4v) is 3.53. The monoisotopic (exact) mass is 364 g/mol. The molecule has 3 heterocycles. The van der Waals surface area contributed by atoms with Crippen LogP contribution in [0.25, 0.3) is 11.0 Å². The van der Waals surface area contributed by atoms with E-state index in [1.807, 2.05) is 52.9 Å². The molecule has 6 heteroatoms. The third-order valence-corrected chi connectivity index (χ3v) is 5.00. The van der Waals surface area contributed by atoms with Crippen molar-refractivity contribution < 1.29 is 9.53 Å². The molecule has 1 aromatic carbocycles. The average molecular weight is 364 g/mol. The Morgan fingerprint density at radius 2 is 2.04 bits per heavy atom. The van der Waals surface area contributed by atoms with E-state index in [0.29, 0.717) is 25.3 Å². The number of hydrogen-bond acceptors (Lipinski definition) is 4. The van der Waals surface area contributed by atoms with Gasteiger partial charge in [-0.2, -0.15) is 5.10 Å². The fraction of sp³-hybridized carbons (Fsp3) is 0.381. The number of rotatable bonds is 3. The predicted octanol–water partition coefficient (Wildman–Crippen LogP) is 3.53. The van der Waals surface area contributed by atoms with E-state index in [9.17, 15) is 4.79 Å². The molecule has 0 saturated carbocycles. The molecule has 1 atom stereocenters. The van der Waals surface area contributed by atoms with Crippen molar-refractivity contribution in [1.82, 2.24) is 19.7 Å². The molecule has 0 N–H and O–H groups in total. The van der Waals surface area contributed by atoms with Crippen molar-refractivity contribution in [3.8, 4) is 0 Å². The second-order valence-corrected chi connectivity index (χ2v) is 7.24. The maximum absolute atomic E-state index is 13.2. The van der Waals surface area contributed by atoms with Crippen LogP contribution in [0.3, 0.4) is 0 Å². The lowest BCUT2D eigenvalue weighted by Crippen LogP contribution is -2.42. The van der Waals surface area contributed by atoms with Crippen LogP contribution in [-0.4, -0.2) is 45.3 Å². The molecule has 1 aliphatic rings. The summed E-state index contributed by atoms with van der Waals surface area (Å²) in [5, 5.41) is 5.30. The third kappa shape index (κ3) is 3.32. The van der Waals surface area contributed by atoms with Gasteiger partial charge in [-0.05, 0) is 32.4 Å². The summed E-state index contributed by atoms with van der Waals surface area (Å²) in [7, 11) is 0. The van der Waals surface area contributed by atoms with E-state index in [0.717, 1.165) is 22.3 Å². The molecular weight excluding hydrogens is 340 g/mol. The first-order valence-electron chi connectivity index (χ1n) is 9.35. The number of morpholine rings is 1. The van der Waals surface area contributed by atoms with Crippen LogP contribution in [0.2, 0.25) is 0 Å². The Morgan fingerprint density at radius 3 is 2.78 bits per heavy atom. The van der Waals surface area contributed by atoms with E-state index in [4.69, 9.17) is 4.74 Å². The molecule has 27 heavy (non-hydrogen) atoms. The van der Waals surface area contributed by atoms with Crippen LogP contribution in [0.5, 0.6) is 0 Å². The lowest BCUT2D eigenvalue weighted by molar-refractivity contribution is -0.0228. The summed E-state index contributed by atoms with van der Waals surface area (Å²) in [6, 6.07) is 12.2. The number of pyridine rings is 1. The Morgan fingerprint density at radius 1 is 1.26 bits per heavy atom. The van der Waals surface area contributed by atoms with Gasteiger partial charge in [-0.3, -0.25) is 4.79 Å². The minimum absolute atomic E-state index is 0.00317. The summed E-state index contributed by atoms with van der Waals surface area (Å²) in [6.45, 7) is 7.70. The molecule has 0 spiro atoms. The first-order valence-corrected chi connectivity index (χ1v) is 9.35. The molecule has 1 unspecified atom stereocenters. The number of fused-ring (bicyclic) bond motifs is 1. The molecule has 2 aromatic heterocycles. The predicted molar refractivity (Wildman–Crippen MR) is 104 cm³/mol. The molecule has 6 nitrogen and oxygen atoms in total. The van der Waals surface area contributed by atoms with Gasteiger partial charge in [0.15, 0.2) is 5.65 Å². The zero-order chi connectivity index (χ0) is 19.0. The molecule has 0 aliphatic carbocycles. The van der Waals surface area contributed by atoms with Crippen LogP contribution in [0.1, 0.15) is 47.6 Å². The normalized spacial score (nSPS) is 17.6. The summed E-state index contributed by atoms with van der Waals surface area (Å²) in [5.74, 6) is 0.00317. The summed E-state index contributed by atoms with van der Waals surface area (Å²) in [5.41, 5.74) is 3.29. The van der Waals surface area contributed by atoms with Gasteiger partial charge in [0.25, 0.3) is 5.91 Å². The molecule has 1 aliphatic heterocycles. The Balaban J connectivity index is 1.61. The smallest absolute Gasteiger partial charge is 0.255 e. The number of aromatic nitrogens is 3. The summed E-state index contributed by atoms with van der Waals surface area (Å²) < 4.78 is 7.77. The zero-order valence-corrected chi connectivity index (χ0v) is 15.9.